The van der Waals surface area contributed by atoms with E-state index in [4.69, 9.17) is 5.11 Å². The Morgan fingerprint density at radius 1 is 1.57 bits per heavy atom. The van der Waals surface area contributed by atoms with Crippen LogP contribution in [0.1, 0.15) is 0 Å². The predicted molar refractivity (Wildman–Crippen MR) is 56.8 cm³/mol. The fourth-order valence-corrected chi connectivity index (χ4v) is 2.12. The molecule has 0 atom stereocenters. The molecular formula is C10H9NO2S. The number of thioether (sulfide) groups is 1. The standard InChI is InChI=1S/C10H9NO2S/c12-10(13)11-5-1-3-8-4-2-6-14-9(8)7-11/h1-5,7H,6H2,(H,12,13). The van der Waals surface area contributed by atoms with Crippen LogP contribution in [0.4, 0.5) is 4.79 Å². The van der Waals surface area contributed by atoms with Crippen LogP contribution < -0.4 is 0 Å². The van der Waals surface area contributed by atoms with Gasteiger partial charge in [-0.2, -0.15) is 0 Å². The zero-order chi connectivity index (χ0) is 9.97. The number of nitrogens with zero attached hydrogens (tertiary/aromatic N) is 1. The van der Waals surface area contributed by atoms with Gasteiger partial charge < -0.3 is 5.11 Å². The molecule has 2 heterocycles. The first-order valence-corrected chi connectivity index (χ1v) is 5.17. The number of hydrogen-bond acceptors (Lipinski definition) is 2. The fourth-order valence-electron chi connectivity index (χ4n) is 1.26. The van der Waals surface area contributed by atoms with E-state index < -0.39 is 6.09 Å². The molecule has 0 bridgehead atoms. The molecule has 0 unspecified atom stereocenters. The molecule has 4 heteroatoms. The second kappa shape index (κ2) is 3.75. The van der Waals surface area contributed by atoms with Crippen molar-refractivity contribution in [3.05, 3.63) is 47.2 Å². The van der Waals surface area contributed by atoms with Crippen molar-refractivity contribution in [2.45, 2.75) is 0 Å². The molecular weight excluding hydrogens is 198 g/mol. The normalized spacial score (nSPS) is 19.6. The summed E-state index contributed by atoms with van der Waals surface area (Å²) in [5.41, 5.74) is 1.07. The Kier molecular flexibility index (Phi) is 2.45. The Bertz CT molecular complexity index is 380. The first kappa shape index (κ1) is 9.15. The van der Waals surface area contributed by atoms with Gasteiger partial charge in [-0.25, -0.2) is 4.79 Å². The first-order chi connectivity index (χ1) is 6.77. The molecule has 1 N–H and O–H groups in total. The Balaban J connectivity index is 2.35. The van der Waals surface area contributed by atoms with Gasteiger partial charge in [-0.15, -0.1) is 11.8 Å². The second-order valence-electron chi connectivity index (χ2n) is 2.86. The molecule has 2 aliphatic heterocycles. The lowest BCUT2D eigenvalue weighted by atomic mass is 10.2. The molecule has 0 aromatic heterocycles. The molecule has 0 aromatic carbocycles. The van der Waals surface area contributed by atoms with E-state index >= 15 is 0 Å². The highest BCUT2D eigenvalue weighted by atomic mass is 32.2. The van der Waals surface area contributed by atoms with E-state index in [1.165, 1.54) is 11.1 Å². The molecule has 2 rings (SSSR count). The van der Waals surface area contributed by atoms with Gasteiger partial charge in [-0.05, 0) is 11.6 Å². The third-order valence-electron chi connectivity index (χ3n) is 1.92. The fraction of sp³-hybridized carbons (Fsp3) is 0.100. The quantitative estimate of drug-likeness (QED) is 0.663. The van der Waals surface area contributed by atoms with E-state index in [9.17, 15) is 4.79 Å². The van der Waals surface area contributed by atoms with Crippen LogP contribution in [-0.4, -0.2) is 21.9 Å². The van der Waals surface area contributed by atoms with E-state index in [0.717, 1.165) is 16.2 Å². The van der Waals surface area contributed by atoms with Gasteiger partial charge in [-0.3, -0.25) is 4.90 Å². The van der Waals surface area contributed by atoms with Crippen molar-refractivity contribution in [3.8, 4) is 0 Å². The van der Waals surface area contributed by atoms with Crippen LogP contribution in [-0.2, 0) is 0 Å². The van der Waals surface area contributed by atoms with Crippen molar-refractivity contribution in [1.82, 2.24) is 4.90 Å². The van der Waals surface area contributed by atoms with Crippen LogP contribution in [0.5, 0.6) is 0 Å². The van der Waals surface area contributed by atoms with Crippen molar-refractivity contribution in [1.29, 1.82) is 0 Å². The van der Waals surface area contributed by atoms with Gasteiger partial charge >= 0.3 is 6.09 Å². The SMILES string of the molecule is O=C(O)N1C=CC=C2C=CCSC2=C1. The third-order valence-corrected chi connectivity index (χ3v) is 2.93. The highest BCUT2D eigenvalue weighted by Gasteiger charge is 2.13. The van der Waals surface area contributed by atoms with Gasteiger partial charge in [0, 0.05) is 23.1 Å². The van der Waals surface area contributed by atoms with E-state index in [2.05, 4.69) is 6.08 Å². The summed E-state index contributed by atoms with van der Waals surface area (Å²) in [5, 5.41) is 8.83. The monoisotopic (exact) mass is 207 g/mol. The third kappa shape index (κ3) is 1.75. The number of amides is 1. The molecule has 0 aliphatic carbocycles. The molecule has 0 aromatic rings. The van der Waals surface area contributed by atoms with Gasteiger partial charge in [0.15, 0.2) is 0 Å². The van der Waals surface area contributed by atoms with Crippen LogP contribution in [0.15, 0.2) is 47.2 Å². The number of fused-ring (bicyclic) bond motifs is 1. The van der Waals surface area contributed by atoms with Crippen LogP contribution in [0.2, 0.25) is 0 Å². The number of hydrogen-bond donors (Lipinski definition) is 1. The first-order valence-electron chi connectivity index (χ1n) is 4.18. The second-order valence-corrected chi connectivity index (χ2v) is 3.92. The molecule has 0 radical (unpaired) electrons. The minimum Gasteiger partial charge on any atom is -0.464 e. The summed E-state index contributed by atoms with van der Waals surface area (Å²) in [7, 11) is 0. The summed E-state index contributed by atoms with van der Waals surface area (Å²) in [5.74, 6) is 0.899. The highest BCUT2D eigenvalue weighted by molar-refractivity contribution is 8.03. The van der Waals surface area contributed by atoms with Crippen molar-refractivity contribution >= 4 is 17.9 Å². The summed E-state index contributed by atoms with van der Waals surface area (Å²) in [6, 6.07) is 0. The van der Waals surface area contributed by atoms with Gasteiger partial charge in [0.25, 0.3) is 0 Å². The Hall–Kier alpha value is -1.42. The Labute approximate surface area is 86.1 Å². The maximum absolute atomic E-state index is 10.8. The summed E-state index contributed by atoms with van der Waals surface area (Å²) >= 11 is 1.64. The number of allylic oxidation sites excluding steroid dienone is 4. The molecule has 0 fully saturated rings. The topological polar surface area (TPSA) is 40.5 Å². The lowest BCUT2D eigenvalue weighted by Crippen LogP contribution is -2.17. The smallest absolute Gasteiger partial charge is 0.415 e. The van der Waals surface area contributed by atoms with Crippen LogP contribution >= 0.6 is 11.8 Å². The zero-order valence-corrected chi connectivity index (χ0v) is 8.20. The van der Waals surface area contributed by atoms with Crippen LogP contribution in [0, 0.1) is 0 Å². The van der Waals surface area contributed by atoms with E-state index in [-0.39, 0.29) is 0 Å². The van der Waals surface area contributed by atoms with Crippen molar-refractivity contribution < 1.29 is 9.90 Å². The molecule has 3 nitrogen and oxygen atoms in total. The molecule has 1 amide bonds. The molecule has 0 saturated heterocycles. The van der Waals surface area contributed by atoms with E-state index in [1.807, 2.05) is 12.2 Å². The lowest BCUT2D eigenvalue weighted by molar-refractivity contribution is 0.175. The number of rotatable bonds is 0. The molecule has 0 saturated carbocycles. The summed E-state index contributed by atoms with van der Waals surface area (Å²) in [4.78, 5) is 12.9. The predicted octanol–water partition coefficient (Wildman–Crippen LogP) is 2.56. The van der Waals surface area contributed by atoms with Crippen LogP contribution in [0.3, 0.4) is 0 Å². The summed E-state index contributed by atoms with van der Waals surface area (Å²) in [6.45, 7) is 0. The maximum Gasteiger partial charge on any atom is 0.415 e. The lowest BCUT2D eigenvalue weighted by Gasteiger charge is -2.13. The van der Waals surface area contributed by atoms with Crippen molar-refractivity contribution in [2.75, 3.05) is 5.75 Å². The molecule has 14 heavy (non-hydrogen) atoms. The largest absolute Gasteiger partial charge is 0.464 e. The minimum absolute atomic E-state index is 0.899. The molecule has 72 valence electrons. The summed E-state index contributed by atoms with van der Waals surface area (Å²) in [6.07, 6.45) is 9.95. The van der Waals surface area contributed by atoms with Gasteiger partial charge in [0.2, 0.25) is 0 Å². The summed E-state index contributed by atoms with van der Waals surface area (Å²) < 4.78 is 0. The molecule has 0 spiro atoms. The van der Waals surface area contributed by atoms with Gasteiger partial charge in [-0.1, -0.05) is 18.2 Å². The maximum atomic E-state index is 10.8. The average molecular weight is 207 g/mol. The molecule has 2 aliphatic rings. The van der Waals surface area contributed by atoms with Gasteiger partial charge in [0.1, 0.15) is 0 Å². The van der Waals surface area contributed by atoms with E-state index in [0.29, 0.717) is 0 Å². The Morgan fingerprint density at radius 2 is 2.43 bits per heavy atom. The highest BCUT2D eigenvalue weighted by Crippen LogP contribution is 2.31. The number of carboxylic acid groups (broad SMARTS) is 1. The minimum atomic E-state index is -0.960. The van der Waals surface area contributed by atoms with Crippen LogP contribution in [0.25, 0.3) is 0 Å². The van der Waals surface area contributed by atoms with Gasteiger partial charge in [0.05, 0.1) is 0 Å². The average Bonchev–Trinajstić information content (AvgIpc) is 2.39. The zero-order valence-electron chi connectivity index (χ0n) is 7.38. The Morgan fingerprint density at radius 3 is 3.21 bits per heavy atom. The van der Waals surface area contributed by atoms with Crippen molar-refractivity contribution in [3.63, 3.8) is 0 Å². The van der Waals surface area contributed by atoms with E-state index in [1.54, 1.807) is 24.0 Å². The van der Waals surface area contributed by atoms with Crippen molar-refractivity contribution in [2.24, 2.45) is 0 Å². The number of carbonyl (C=O) groups is 1.